The zero-order valence-electron chi connectivity index (χ0n) is 15.7. The van der Waals surface area contributed by atoms with Gasteiger partial charge in [-0.15, -0.1) is 0 Å². The van der Waals surface area contributed by atoms with Crippen molar-refractivity contribution in [2.24, 2.45) is 0 Å². The van der Waals surface area contributed by atoms with Gasteiger partial charge in [-0.25, -0.2) is 0 Å². The Morgan fingerprint density at radius 2 is 1.17 bits per heavy atom. The van der Waals surface area contributed by atoms with Crippen LogP contribution < -0.4 is 0 Å². The molecule has 2 aromatic rings. The summed E-state index contributed by atoms with van der Waals surface area (Å²) in [5.41, 5.74) is 2.67. The van der Waals surface area contributed by atoms with E-state index in [9.17, 15) is 4.79 Å². The molecule has 2 unspecified atom stereocenters. The summed E-state index contributed by atoms with van der Waals surface area (Å²) >= 11 is 0. The number of ketones is 1. The zero-order valence-corrected chi connectivity index (χ0v) is 15.7. The quantitative estimate of drug-likeness (QED) is 0.558. The summed E-state index contributed by atoms with van der Waals surface area (Å²) in [6.07, 6.45) is 3.55. The van der Waals surface area contributed by atoms with Crippen molar-refractivity contribution >= 4 is 5.78 Å². The fraction of sp³-hybridized carbons (Fsp3) is 0.435. The highest BCUT2D eigenvalue weighted by Gasteiger charge is 2.29. The number of carbonyl (C=O) groups excluding carboxylic acids is 1. The third kappa shape index (κ3) is 5.63. The van der Waals surface area contributed by atoms with Crippen molar-refractivity contribution < 1.29 is 4.79 Å². The van der Waals surface area contributed by atoms with E-state index in [1.807, 2.05) is 33.8 Å². The van der Waals surface area contributed by atoms with Crippen LogP contribution in [-0.4, -0.2) is 5.78 Å². The standard InChI is InChI=1S/C19H20O.2C2H6/c20-17-12-7-13-18(15-8-3-1-4-9-15)19(14-17)16-10-5-2-6-11-16;2*1-2/h1-6,8-11,18-19H,7,12-14H2;2*1-2H3. The van der Waals surface area contributed by atoms with Crippen LogP contribution in [0.2, 0.25) is 0 Å². The van der Waals surface area contributed by atoms with Gasteiger partial charge in [0.2, 0.25) is 0 Å². The van der Waals surface area contributed by atoms with Crippen LogP contribution in [0.3, 0.4) is 0 Å². The van der Waals surface area contributed by atoms with Gasteiger partial charge in [0.25, 0.3) is 0 Å². The summed E-state index contributed by atoms with van der Waals surface area (Å²) in [5, 5.41) is 0. The highest BCUT2D eigenvalue weighted by Crippen LogP contribution is 2.41. The van der Waals surface area contributed by atoms with Gasteiger partial charge in [0, 0.05) is 12.8 Å². The predicted molar refractivity (Wildman–Crippen MR) is 105 cm³/mol. The number of hydrogen-bond donors (Lipinski definition) is 0. The first-order valence-electron chi connectivity index (χ1n) is 9.46. The molecule has 0 N–H and O–H groups in total. The summed E-state index contributed by atoms with van der Waals surface area (Å²) in [6, 6.07) is 21.2. The van der Waals surface area contributed by atoms with E-state index in [0.29, 0.717) is 24.0 Å². The summed E-state index contributed by atoms with van der Waals surface area (Å²) in [6.45, 7) is 8.00. The first-order valence-corrected chi connectivity index (χ1v) is 9.46. The van der Waals surface area contributed by atoms with Gasteiger partial charge in [0.1, 0.15) is 5.78 Å². The number of hydrogen-bond acceptors (Lipinski definition) is 1. The molecule has 0 spiro atoms. The molecule has 1 saturated carbocycles. The summed E-state index contributed by atoms with van der Waals surface area (Å²) in [7, 11) is 0. The molecule has 2 atom stereocenters. The fourth-order valence-electron chi connectivity index (χ4n) is 3.36. The Hall–Kier alpha value is -1.89. The maximum Gasteiger partial charge on any atom is 0.133 e. The zero-order chi connectivity index (χ0) is 17.8. The van der Waals surface area contributed by atoms with Gasteiger partial charge in [-0.2, -0.15) is 0 Å². The normalized spacial score (nSPS) is 19.9. The molecule has 0 aliphatic heterocycles. The Bertz CT molecular complexity index is 559. The Morgan fingerprint density at radius 3 is 1.67 bits per heavy atom. The first kappa shape index (κ1) is 20.2. The maximum absolute atomic E-state index is 12.0. The topological polar surface area (TPSA) is 17.1 Å². The van der Waals surface area contributed by atoms with E-state index in [2.05, 4.69) is 54.6 Å². The van der Waals surface area contributed by atoms with E-state index in [1.54, 1.807) is 0 Å². The minimum atomic E-state index is 0.327. The van der Waals surface area contributed by atoms with Crippen LogP contribution in [0.5, 0.6) is 0 Å². The van der Waals surface area contributed by atoms with Crippen LogP contribution in [-0.2, 0) is 4.79 Å². The average molecular weight is 325 g/mol. The molecule has 1 fully saturated rings. The molecule has 3 rings (SSSR count). The minimum Gasteiger partial charge on any atom is -0.300 e. The second-order valence-electron chi connectivity index (χ2n) is 5.67. The average Bonchev–Trinajstić information content (AvgIpc) is 2.88. The molecular formula is C23H32O. The lowest BCUT2D eigenvalue weighted by atomic mass is 9.78. The number of rotatable bonds is 2. The molecule has 0 radical (unpaired) electrons. The molecule has 0 bridgehead atoms. The lowest BCUT2D eigenvalue weighted by Gasteiger charge is -2.25. The number of benzene rings is 2. The van der Waals surface area contributed by atoms with E-state index in [1.165, 1.54) is 11.1 Å². The van der Waals surface area contributed by atoms with E-state index < -0.39 is 0 Å². The lowest BCUT2D eigenvalue weighted by Crippen LogP contribution is -2.12. The third-order valence-electron chi connectivity index (χ3n) is 4.36. The van der Waals surface area contributed by atoms with Crippen LogP contribution in [0.4, 0.5) is 0 Å². The van der Waals surface area contributed by atoms with Gasteiger partial charge >= 0.3 is 0 Å². The molecule has 1 aliphatic rings. The van der Waals surface area contributed by atoms with Crippen molar-refractivity contribution in [3.05, 3.63) is 71.8 Å². The van der Waals surface area contributed by atoms with Crippen molar-refractivity contribution in [3.8, 4) is 0 Å². The van der Waals surface area contributed by atoms with Crippen molar-refractivity contribution in [2.45, 2.75) is 65.2 Å². The van der Waals surface area contributed by atoms with Gasteiger partial charge in [0.15, 0.2) is 0 Å². The SMILES string of the molecule is CC.CC.O=C1CCCC(c2ccccc2)C(c2ccccc2)C1. The Morgan fingerprint density at radius 1 is 0.708 bits per heavy atom. The number of Topliss-reactive ketones (excluding diaryl/α,β-unsaturated/α-hetero) is 1. The highest BCUT2D eigenvalue weighted by molar-refractivity contribution is 5.79. The van der Waals surface area contributed by atoms with E-state index >= 15 is 0 Å². The Kier molecular flexibility index (Phi) is 9.76. The largest absolute Gasteiger partial charge is 0.300 e. The van der Waals surface area contributed by atoms with Crippen molar-refractivity contribution in [1.29, 1.82) is 0 Å². The molecular weight excluding hydrogens is 292 g/mol. The minimum absolute atomic E-state index is 0.327. The van der Waals surface area contributed by atoms with Gasteiger partial charge < -0.3 is 0 Å². The van der Waals surface area contributed by atoms with Crippen molar-refractivity contribution in [2.75, 3.05) is 0 Å². The molecule has 0 saturated heterocycles. The molecule has 0 amide bonds. The predicted octanol–water partition coefficient (Wildman–Crippen LogP) is 6.75. The molecule has 1 aliphatic carbocycles. The van der Waals surface area contributed by atoms with Crippen LogP contribution >= 0.6 is 0 Å². The van der Waals surface area contributed by atoms with Crippen LogP contribution in [0.15, 0.2) is 60.7 Å². The molecule has 0 aromatic heterocycles. The first-order chi connectivity index (χ1) is 11.8. The Balaban J connectivity index is 0.000000671. The van der Waals surface area contributed by atoms with Crippen molar-refractivity contribution in [3.63, 3.8) is 0 Å². The van der Waals surface area contributed by atoms with Gasteiger partial charge in [-0.05, 0) is 35.8 Å². The van der Waals surface area contributed by atoms with Crippen LogP contribution in [0.25, 0.3) is 0 Å². The molecule has 1 heteroatoms. The second-order valence-corrected chi connectivity index (χ2v) is 5.67. The van der Waals surface area contributed by atoms with Gasteiger partial charge in [-0.1, -0.05) is 88.4 Å². The molecule has 2 aromatic carbocycles. The van der Waals surface area contributed by atoms with E-state index in [0.717, 1.165) is 19.3 Å². The monoisotopic (exact) mass is 324 g/mol. The highest BCUT2D eigenvalue weighted by atomic mass is 16.1. The molecule has 1 nitrogen and oxygen atoms in total. The third-order valence-corrected chi connectivity index (χ3v) is 4.36. The van der Waals surface area contributed by atoms with E-state index in [4.69, 9.17) is 0 Å². The fourth-order valence-corrected chi connectivity index (χ4v) is 3.36. The van der Waals surface area contributed by atoms with Gasteiger partial charge in [0.05, 0.1) is 0 Å². The Labute approximate surface area is 148 Å². The smallest absolute Gasteiger partial charge is 0.133 e. The summed E-state index contributed by atoms with van der Waals surface area (Å²) in [5.74, 6) is 1.20. The van der Waals surface area contributed by atoms with Crippen LogP contribution in [0.1, 0.15) is 76.3 Å². The summed E-state index contributed by atoms with van der Waals surface area (Å²) in [4.78, 5) is 12.0. The van der Waals surface area contributed by atoms with Crippen molar-refractivity contribution in [1.82, 2.24) is 0 Å². The summed E-state index contributed by atoms with van der Waals surface area (Å²) < 4.78 is 0. The maximum atomic E-state index is 12.0. The second kappa shape index (κ2) is 11.6. The van der Waals surface area contributed by atoms with E-state index in [-0.39, 0.29) is 0 Å². The number of carbonyl (C=O) groups is 1. The molecule has 130 valence electrons. The molecule has 24 heavy (non-hydrogen) atoms. The van der Waals surface area contributed by atoms with Crippen LogP contribution in [0, 0.1) is 0 Å². The lowest BCUT2D eigenvalue weighted by molar-refractivity contribution is -0.119. The van der Waals surface area contributed by atoms with Gasteiger partial charge in [-0.3, -0.25) is 4.79 Å². The molecule has 0 heterocycles.